The highest BCUT2D eigenvalue weighted by atomic mass is 32.2. The van der Waals surface area contributed by atoms with E-state index in [0.29, 0.717) is 16.8 Å². The summed E-state index contributed by atoms with van der Waals surface area (Å²) in [7, 11) is -2.13. The summed E-state index contributed by atoms with van der Waals surface area (Å²) in [5.41, 5.74) is 1.52. The summed E-state index contributed by atoms with van der Waals surface area (Å²) < 4.78 is 26.3. The lowest BCUT2D eigenvalue weighted by molar-refractivity contribution is 0.218. The molecule has 4 nitrogen and oxygen atoms in total. The number of fused-ring (bicyclic) bond motifs is 2. The second kappa shape index (κ2) is 4.08. The van der Waals surface area contributed by atoms with E-state index < -0.39 is 16.1 Å². The number of anilines is 1. The molecule has 1 aliphatic heterocycles. The van der Waals surface area contributed by atoms with Gasteiger partial charge in [-0.05, 0) is 12.1 Å². The molecule has 1 atom stereocenters. The van der Waals surface area contributed by atoms with Gasteiger partial charge < -0.3 is 5.11 Å². The second-order valence-electron chi connectivity index (χ2n) is 4.47. The number of aliphatic hydroxyl groups excluding tert-OH is 1. The number of hydrogen-bond donors (Lipinski definition) is 1. The highest BCUT2D eigenvalue weighted by Crippen LogP contribution is 2.39. The monoisotopic (exact) mass is 275 g/mol. The van der Waals surface area contributed by atoms with Crippen LogP contribution in [0.2, 0.25) is 0 Å². The summed E-state index contributed by atoms with van der Waals surface area (Å²) in [6.45, 7) is 0. The first-order valence-corrected chi connectivity index (χ1v) is 7.32. The predicted molar refractivity (Wildman–Crippen MR) is 72.5 cm³/mol. The summed E-state index contributed by atoms with van der Waals surface area (Å²) in [4.78, 5) is 0.154. The fourth-order valence-corrected chi connectivity index (χ4v) is 3.84. The van der Waals surface area contributed by atoms with Crippen LogP contribution in [0.3, 0.4) is 0 Å². The Morgan fingerprint density at radius 2 is 1.58 bits per heavy atom. The van der Waals surface area contributed by atoms with Crippen LogP contribution < -0.4 is 4.31 Å². The Labute approximate surface area is 112 Å². The van der Waals surface area contributed by atoms with Crippen LogP contribution >= 0.6 is 0 Å². The van der Waals surface area contributed by atoms with Gasteiger partial charge in [0.25, 0.3) is 10.0 Å². The number of para-hydroxylation sites is 1. The largest absolute Gasteiger partial charge is 0.384 e. The zero-order valence-corrected chi connectivity index (χ0v) is 11.1. The SMILES string of the molecule is CN1c2ccccc2C(O)c2ccccc2S1(=O)=O. The van der Waals surface area contributed by atoms with E-state index in [-0.39, 0.29) is 4.90 Å². The molecule has 0 fully saturated rings. The van der Waals surface area contributed by atoms with Gasteiger partial charge in [-0.15, -0.1) is 0 Å². The maximum absolute atomic E-state index is 12.5. The number of aliphatic hydroxyl groups is 1. The molecule has 0 amide bonds. The number of sulfonamides is 1. The van der Waals surface area contributed by atoms with Crippen molar-refractivity contribution in [3.05, 3.63) is 59.7 Å². The molecule has 2 aromatic carbocycles. The van der Waals surface area contributed by atoms with Gasteiger partial charge in [0.2, 0.25) is 0 Å². The van der Waals surface area contributed by atoms with Crippen molar-refractivity contribution in [3.8, 4) is 0 Å². The van der Waals surface area contributed by atoms with E-state index in [1.807, 2.05) is 0 Å². The Balaban J connectivity index is 2.41. The zero-order valence-electron chi connectivity index (χ0n) is 10.3. The van der Waals surface area contributed by atoms with Crippen LogP contribution in [-0.2, 0) is 10.0 Å². The van der Waals surface area contributed by atoms with Crippen LogP contribution in [0.15, 0.2) is 53.4 Å². The Bertz CT molecular complexity index is 740. The first kappa shape index (κ1) is 12.2. The van der Waals surface area contributed by atoms with Gasteiger partial charge in [-0.3, -0.25) is 4.31 Å². The van der Waals surface area contributed by atoms with Gasteiger partial charge in [0.15, 0.2) is 0 Å². The normalized spacial score (nSPS) is 20.3. The zero-order chi connectivity index (χ0) is 13.6. The second-order valence-corrected chi connectivity index (χ2v) is 6.41. The van der Waals surface area contributed by atoms with Gasteiger partial charge in [-0.1, -0.05) is 36.4 Å². The fraction of sp³-hybridized carbons (Fsp3) is 0.143. The Morgan fingerprint density at radius 1 is 1.00 bits per heavy atom. The molecule has 0 aromatic heterocycles. The van der Waals surface area contributed by atoms with Crippen molar-refractivity contribution < 1.29 is 13.5 Å². The van der Waals surface area contributed by atoms with Gasteiger partial charge in [0.05, 0.1) is 10.6 Å². The van der Waals surface area contributed by atoms with Crippen molar-refractivity contribution in [2.24, 2.45) is 0 Å². The van der Waals surface area contributed by atoms with Gasteiger partial charge >= 0.3 is 0 Å². The Kier molecular flexibility index (Phi) is 2.62. The van der Waals surface area contributed by atoms with Crippen LogP contribution in [0, 0.1) is 0 Å². The lowest BCUT2D eigenvalue weighted by Gasteiger charge is -2.19. The van der Waals surface area contributed by atoms with Crippen molar-refractivity contribution >= 4 is 15.7 Å². The molecule has 0 radical (unpaired) electrons. The van der Waals surface area contributed by atoms with Crippen LogP contribution in [0.25, 0.3) is 0 Å². The van der Waals surface area contributed by atoms with Gasteiger partial charge in [0, 0.05) is 18.2 Å². The molecule has 3 rings (SSSR count). The molecule has 1 aliphatic rings. The van der Waals surface area contributed by atoms with E-state index in [4.69, 9.17) is 0 Å². The average molecular weight is 275 g/mol. The van der Waals surface area contributed by atoms with Gasteiger partial charge in [-0.2, -0.15) is 0 Å². The van der Waals surface area contributed by atoms with E-state index in [9.17, 15) is 13.5 Å². The van der Waals surface area contributed by atoms with Crippen molar-refractivity contribution in [2.75, 3.05) is 11.4 Å². The van der Waals surface area contributed by atoms with E-state index in [0.717, 1.165) is 0 Å². The Morgan fingerprint density at radius 3 is 2.32 bits per heavy atom. The molecule has 0 saturated heterocycles. The maximum atomic E-state index is 12.5. The van der Waals surface area contributed by atoms with Crippen LogP contribution in [0.1, 0.15) is 17.2 Å². The minimum absolute atomic E-state index is 0.154. The molecule has 0 aliphatic carbocycles. The van der Waals surface area contributed by atoms with Crippen molar-refractivity contribution in [2.45, 2.75) is 11.0 Å². The first-order chi connectivity index (χ1) is 9.03. The third kappa shape index (κ3) is 1.66. The molecular weight excluding hydrogens is 262 g/mol. The smallest absolute Gasteiger partial charge is 0.264 e. The van der Waals surface area contributed by atoms with E-state index in [2.05, 4.69) is 0 Å². The molecule has 19 heavy (non-hydrogen) atoms. The molecule has 2 aromatic rings. The standard InChI is InChI=1S/C14H13NO3S/c1-15-12-8-4-2-6-10(12)14(16)11-7-3-5-9-13(11)19(15,17)18/h2-9,14,16H,1H3. The maximum Gasteiger partial charge on any atom is 0.264 e. The minimum Gasteiger partial charge on any atom is -0.384 e. The third-order valence-electron chi connectivity index (χ3n) is 3.42. The molecule has 98 valence electrons. The lowest BCUT2D eigenvalue weighted by Crippen LogP contribution is -2.26. The molecule has 0 spiro atoms. The van der Waals surface area contributed by atoms with E-state index >= 15 is 0 Å². The molecule has 1 heterocycles. The van der Waals surface area contributed by atoms with Gasteiger partial charge in [-0.25, -0.2) is 8.42 Å². The van der Waals surface area contributed by atoms with E-state index in [1.165, 1.54) is 17.4 Å². The minimum atomic E-state index is -3.63. The lowest BCUT2D eigenvalue weighted by atomic mass is 10.00. The van der Waals surface area contributed by atoms with E-state index in [1.54, 1.807) is 42.5 Å². The molecule has 0 bridgehead atoms. The molecule has 1 unspecified atom stereocenters. The molecule has 1 N–H and O–H groups in total. The summed E-state index contributed by atoms with van der Waals surface area (Å²) in [5.74, 6) is 0. The summed E-state index contributed by atoms with van der Waals surface area (Å²) >= 11 is 0. The van der Waals surface area contributed by atoms with Crippen LogP contribution in [0.4, 0.5) is 5.69 Å². The van der Waals surface area contributed by atoms with Crippen LogP contribution in [-0.4, -0.2) is 20.6 Å². The van der Waals surface area contributed by atoms with Crippen molar-refractivity contribution in [3.63, 3.8) is 0 Å². The summed E-state index contributed by atoms with van der Waals surface area (Å²) in [5, 5.41) is 10.5. The first-order valence-electron chi connectivity index (χ1n) is 5.88. The Hall–Kier alpha value is -1.85. The van der Waals surface area contributed by atoms with Crippen molar-refractivity contribution in [1.82, 2.24) is 0 Å². The van der Waals surface area contributed by atoms with Crippen molar-refractivity contribution in [1.29, 1.82) is 0 Å². The number of rotatable bonds is 0. The summed E-state index contributed by atoms with van der Waals surface area (Å²) in [6, 6.07) is 13.5. The molecular formula is C14H13NO3S. The summed E-state index contributed by atoms with van der Waals surface area (Å²) in [6.07, 6.45) is -0.938. The van der Waals surface area contributed by atoms with Gasteiger partial charge in [0.1, 0.15) is 6.10 Å². The molecule has 0 saturated carbocycles. The number of benzene rings is 2. The third-order valence-corrected chi connectivity index (χ3v) is 5.27. The topological polar surface area (TPSA) is 57.6 Å². The number of nitrogens with zero attached hydrogens (tertiary/aromatic N) is 1. The predicted octanol–water partition coefficient (Wildman–Crippen LogP) is 1.91. The van der Waals surface area contributed by atoms with Crippen LogP contribution in [0.5, 0.6) is 0 Å². The quantitative estimate of drug-likeness (QED) is 0.799. The fourth-order valence-electron chi connectivity index (χ4n) is 2.39. The highest BCUT2D eigenvalue weighted by molar-refractivity contribution is 7.92. The number of hydrogen-bond acceptors (Lipinski definition) is 3. The highest BCUT2D eigenvalue weighted by Gasteiger charge is 2.33. The molecule has 5 heteroatoms. The average Bonchev–Trinajstić information content (AvgIpc) is 2.50.